The highest BCUT2D eigenvalue weighted by Crippen LogP contribution is 2.29. The zero-order valence-electron chi connectivity index (χ0n) is 20.2. The van der Waals surface area contributed by atoms with Crippen molar-refractivity contribution in [3.63, 3.8) is 0 Å². The first-order chi connectivity index (χ1) is 16.5. The van der Waals surface area contributed by atoms with Crippen molar-refractivity contribution < 1.29 is 19.1 Å². The van der Waals surface area contributed by atoms with Crippen LogP contribution in [0.1, 0.15) is 68.9 Å². The van der Waals surface area contributed by atoms with E-state index < -0.39 is 6.04 Å². The number of carbonyl (C=O) groups excluding carboxylic acids is 3. The van der Waals surface area contributed by atoms with Gasteiger partial charge in [-0.3, -0.25) is 9.59 Å². The summed E-state index contributed by atoms with van der Waals surface area (Å²) in [5, 5.41) is 2.89. The molecule has 2 fully saturated rings. The Morgan fingerprint density at radius 1 is 0.941 bits per heavy atom. The summed E-state index contributed by atoms with van der Waals surface area (Å²) in [5.41, 5.74) is 2.57. The molecule has 4 rings (SSSR count). The zero-order chi connectivity index (χ0) is 24.3. The van der Waals surface area contributed by atoms with Crippen LogP contribution in [0.2, 0.25) is 0 Å². The molecule has 34 heavy (non-hydrogen) atoms. The van der Waals surface area contributed by atoms with E-state index in [1.54, 1.807) is 11.8 Å². The first-order valence-electron chi connectivity index (χ1n) is 12.4. The third kappa shape index (κ3) is 6.92. The highest BCUT2D eigenvalue weighted by molar-refractivity contribution is 5.85. The van der Waals surface area contributed by atoms with Gasteiger partial charge in [0.15, 0.2) is 0 Å². The number of piperidine rings is 2. The molecule has 0 saturated carbocycles. The Bertz CT molecular complexity index is 922. The van der Waals surface area contributed by atoms with Crippen molar-refractivity contribution in [3.05, 3.63) is 71.8 Å². The molecule has 0 spiro atoms. The zero-order valence-corrected chi connectivity index (χ0v) is 20.2. The predicted octanol–water partition coefficient (Wildman–Crippen LogP) is 4.41. The van der Waals surface area contributed by atoms with Crippen molar-refractivity contribution in [1.29, 1.82) is 0 Å². The summed E-state index contributed by atoms with van der Waals surface area (Å²) >= 11 is 0. The number of esters is 1. The molecule has 2 aliphatic rings. The third-order valence-corrected chi connectivity index (χ3v) is 6.57. The number of benzene rings is 2. The lowest BCUT2D eigenvalue weighted by molar-refractivity contribution is -0.156. The summed E-state index contributed by atoms with van der Waals surface area (Å²) < 4.78 is 5.10. The van der Waals surface area contributed by atoms with Crippen LogP contribution in [0.5, 0.6) is 0 Å². The molecule has 0 aromatic heterocycles. The number of hydrogen-bond donors (Lipinski definition) is 1. The second-order valence-electron chi connectivity index (χ2n) is 8.82. The Morgan fingerprint density at radius 2 is 1.53 bits per heavy atom. The van der Waals surface area contributed by atoms with Gasteiger partial charge < -0.3 is 15.0 Å². The van der Waals surface area contributed by atoms with Crippen LogP contribution in [0.15, 0.2) is 60.7 Å². The van der Waals surface area contributed by atoms with Gasteiger partial charge in [-0.2, -0.15) is 0 Å². The standard InChI is InChI=1S/C17H23NO3.C11H13NO/c1-3-15(17(20)21-4-2)18-12-14(10-11-16(18)19)13-8-6-5-7-9-13;13-11-7-6-10(8-12-11)9-4-2-1-3-5-9/h5-9,14-15H,3-4,10-12H2,1-2H3;1-5,10H,6-8H2,(H,12,13). The number of rotatable bonds is 6. The number of carbonyl (C=O) groups is 3. The number of hydrogen-bond acceptors (Lipinski definition) is 4. The molecule has 2 amide bonds. The van der Waals surface area contributed by atoms with Crippen LogP contribution in [0.4, 0.5) is 0 Å². The molecule has 0 bridgehead atoms. The minimum absolute atomic E-state index is 0.0575. The first kappa shape index (κ1) is 25.5. The molecule has 3 atom stereocenters. The number of likely N-dealkylation sites (tertiary alicyclic amines) is 1. The van der Waals surface area contributed by atoms with Crippen LogP contribution in [0.3, 0.4) is 0 Å². The van der Waals surface area contributed by atoms with E-state index in [1.807, 2.05) is 43.3 Å². The third-order valence-electron chi connectivity index (χ3n) is 6.57. The lowest BCUT2D eigenvalue weighted by Crippen LogP contribution is -2.49. The maximum absolute atomic E-state index is 12.2. The number of amides is 2. The minimum atomic E-state index is -0.455. The SMILES string of the molecule is CCOC(=O)C(CC)N1CC(c2ccccc2)CCC1=O.O=C1CCC(c2ccccc2)CN1. The van der Waals surface area contributed by atoms with Crippen LogP contribution in [-0.2, 0) is 19.1 Å². The molecule has 182 valence electrons. The summed E-state index contributed by atoms with van der Waals surface area (Å²) in [5.74, 6) is 0.766. The summed E-state index contributed by atoms with van der Waals surface area (Å²) in [7, 11) is 0. The fourth-order valence-corrected chi connectivity index (χ4v) is 4.67. The Labute approximate surface area is 202 Å². The van der Waals surface area contributed by atoms with Gasteiger partial charge >= 0.3 is 5.97 Å². The molecule has 6 nitrogen and oxygen atoms in total. The molecule has 2 saturated heterocycles. The van der Waals surface area contributed by atoms with Crippen molar-refractivity contribution >= 4 is 17.8 Å². The van der Waals surface area contributed by atoms with Gasteiger partial charge in [0.25, 0.3) is 0 Å². The second-order valence-corrected chi connectivity index (χ2v) is 8.82. The second kappa shape index (κ2) is 12.9. The van der Waals surface area contributed by atoms with E-state index in [1.165, 1.54) is 11.1 Å². The molecule has 0 aliphatic carbocycles. The maximum atomic E-state index is 12.2. The average molecular weight is 465 g/mol. The number of nitrogens with one attached hydrogen (secondary N) is 1. The average Bonchev–Trinajstić information content (AvgIpc) is 2.88. The number of nitrogens with zero attached hydrogens (tertiary/aromatic N) is 1. The van der Waals surface area contributed by atoms with Gasteiger partial charge in [-0.1, -0.05) is 67.6 Å². The van der Waals surface area contributed by atoms with E-state index in [9.17, 15) is 14.4 Å². The van der Waals surface area contributed by atoms with Gasteiger partial charge in [0.2, 0.25) is 11.8 Å². The smallest absolute Gasteiger partial charge is 0.328 e. The van der Waals surface area contributed by atoms with Crippen molar-refractivity contribution in [2.24, 2.45) is 0 Å². The molecule has 6 heteroatoms. The van der Waals surface area contributed by atoms with Gasteiger partial charge in [0.1, 0.15) is 6.04 Å². The Hall–Kier alpha value is -3.15. The van der Waals surface area contributed by atoms with E-state index >= 15 is 0 Å². The van der Waals surface area contributed by atoms with Crippen LogP contribution < -0.4 is 5.32 Å². The van der Waals surface area contributed by atoms with E-state index in [2.05, 4.69) is 29.6 Å². The van der Waals surface area contributed by atoms with Crippen molar-refractivity contribution in [2.45, 2.75) is 63.8 Å². The van der Waals surface area contributed by atoms with Gasteiger partial charge in [-0.15, -0.1) is 0 Å². The lowest BCUT2D eigenvalue weighted by atomic mass is 9.89. The molecule has 2 aromatic carbocycles. The summed E-state index contributed by atoms with van der Waals surface area (Å²) in [4.78, 5) is 36.9. The van der Waals surface area contributed by atoms with Crippen molar-refractivity contribution in [3.8, 4) is 0 Å². The molecule has 1 N–H and O–H groups in total. The van der Waals surface area contributed by atoms with Gasteiger partial charge in [-0.25, -0.2) is 4.79 Å². The van der Waals surface area contributed by atoms with Crippen molar-refractivity contribution in [1.82, 2.24) is 10.2 Å². The Kier molecular flexibility index (Phi) is 9.68. The van der Waals surface area contributed by atoms with Crippen LogP contribution in [0.25, 0.3) is 0 Å². The monoisotopic (exact) mass is 464 g/mol. The van der Waals surface area contributed by atoms with E-state index in [0.717, 1.165) is 19.4 Å². The maximum Gasteiger partial charge on any atom is 0.328 e. The summed E-state index contributed by atoms with van der Waals surface area (Å²) in [6, 6.07) is 20.1. The van der Waals surface area contributed by atoms with Crippen LogP contribution in [0, 0.1) is 0 Å². The molecular formula is C28H36N2O4. The normalized spacial score (nSPS) is 21.1. The van der Waals surface area contributed by atoms with Crippen LogP contribution in [-0.4, -0.2) is 48.4 Å². The Morgan fingerprint density at radius 3 is 2.06 bits per heavy atom. The fraction of sp³-hybridized carbons (Fsp3) is 0.464. The first-order valence-corrected chi connectivity index (χ1v) is 12.4. The largest absolute Gasteiger partial charge is 0.464 e. The van der Waals surface area contributed by atoms with Crippen molar-refractivity contribution in [2.75, 3.05) is 19.7 Å². The summed E-state index contributed by atoms with van der Waals surface area (Å²) in [6.07, 6.45) is 3.58. The number of ether oxygens (including phenoxy) is 1. The molecule has 2 aliphatic heterocycles. The lowest BCUT2D eigenvalue weighted by Gasteiger charge is -2.37. The molecular weight excluding hydrogens is 428 g/mol. The van der Waals surface area contributed by atoms with Gasteiger partial charge in [0, 0.05) is 37.8 Å². The minimum Gasteiger partial charge on any atom is -0.464 e. The van der Waals surface area contributed by atoms with E-state index in [-0.39, 0.29) is 17.8 Å². The van der Waals surface area contributed by atoms with Gasteiger partial charge in [-0.05, 0) is 37.3 Å². The highest BCUT2D eigenvalue weighted by atomic mass is 16.5. The molecule has 3 unspecified atom stereocenters. The summed E-state index contributed by atoms with van der Waals surface area (Å²) in [6.45, 7) is 5.44. The molecule has 0 radical (unpaired) electrons. The molecule has 2 aromatic rings. The quantitative estimate of drug-likeness (QED) is 0.643. The van der Waals surface area contributed by atoms with E-state index in [4.69, 9.17) is 4.74 Å². The fourth-order valence-electron chi connectivity index (χ4n) is 4.67. The molecule has 2 heterocycles. The highest BCUT2D eigenvalue weighted by Gasteiger charge is 2.35. The topological polar surface area (TPSA) is 75.7 Å². The van der Waals surface area contributed by atoms with Gasteiger partial charge in [0.05, 0.1) is 6.61 Å². The van der Waals surface area contributed by atoms with Crippen LogP contribution >= 0.6 is 0 Å². The Balaban J connectivity index is 0.000000212. The predicted molar refractivity (Wildman–Crippen MR) is 132 cm³/mol. The van der Waals surface area contributed by atoms with E-state index in [0.29, 0.717) is 44.2 Å².